The fourth-order valence-corrected chi connectivity index (χ4v) is 2.48. The predicted octanol–water partition coefficient (Wildman–Crippen LogP) is 4.05. The number of aryl methyl sites for hydroxylation is 1. The van der Waals surface area contributed by atoms with Crippen molar-refractivity contribution in [3.8, 4) is 11.3 Å². The molecule has 0 unspecified atom stereocenters. The van der Waals surface area contributed by atoms with Crippen molar-refractivity contribution in [2.75, 3.05) is 0 Å². The number of halogens is 2. The van der Waals surface area contributed by atoms with Crippen LogP contribution in [0.25, 0.3) is 17.3 Å². The number of aromatic nitrogens is 2. The number of nitrogens with zero attached hydrogens (tertiary/aromatic N) is 1. The van der Waals surface area contributed by atoms with Crippen molar-refractivity contribution < 1.29 is 18.7 Å². The molecule has 0 radical (unpaired) electrons. The van der Waals surface area contributed by atoms with E-state index < -0.39 is 5.82 Å². The average Bonchev–Trinajstić information content (AvgIpc) is 3.10. The first-order valence-corrected chi connectivity index (χ1v) is 7.91. The molecule has 0 aliphatic heterocycles. The number of carbonyl (C=O) groups is 1. The molecule has 26 heavy (non-hydrogen) atoms. The summed E-state index contributed by atoms with van der Waals surface area (Å²) >= 11 is 0. The molecule has 0 aliphatic carbocycles. The molecular weight excluding hydrogens is 338 g/mol. The predicted molar refractivity (Wildman–Crippen MR) is 94.4 cm³/mol. The van der Waals surface area contributed by atoms with E-state index >= 15 is 0 Å². The Morgan fingerprint density at radius 2 is 1.96 bits per heavy atom. The van der Waals surface area contributed by atoms with Gasteiger partial charge in [0.25, 0.3) is 0 Å². The summed E-state index contributed by atoms with van der Waals surface area (Å²) in [4.78, 5) is 12.2. The third-order valence-corrected chi connectivity index (χ3v) is 3.95. The Balaban J connectivity index is 1.78. The fraction of sp³-hybridized carbons (Fsp3) is 0.100. The Bertz CT molecular complexity index is 993. The maximum Gasteiger partial charge on any atom is 0.185 e. The molecule has 6 heteroatoms. The molecule has 0 atom stereocenters. The first-order valence-electron chi connectivity index (χ1n) is 7.91. The summed E-state index contributed by atoms with van der Waals surface area (Å²) in [6.07, 6.45) is 2.87. The maximum atomic E-state index is 14.1. The summed E-state index contributed by atoms with van der Waals surface area (Å²) in [7, 11) is 0. The molecule has 3 rings (SSSR count). The molecule has 1 heterocycles. The Kier molecular flexibility index (Phi) is 5.04. The van der Waals surface area contributed by atoms with E-state index in [4.69, 9.17) is 5.11 Å². The van der Waals surface area contributed by atoms with E-state index in [1.165, 1.54) is 42.5 Å². The first kappa shape index (κ1) is 17.7. The molecule has 1 aromatic heterocycles. The summed E-state index contributed by atoms with van der Waals surface area (Å²) in [5, 5.41) is 15.8. The fourth-order valence-electron chi connectivity index (χ4n) is 2.48. The highest BCUT2D eigenvalue weighted by Gasteiger charge is 2.10. The minimum atomic E-state index is -0.489. The van der Waals surface area contributed by atoms with Gasteiger partial charge in [0.1, 0.15) is 11.6 Å². The molecule has 2 aromatic carbocycles. The zero-order chi connectivity index (χ0) is 18.7. The quantitative estimate of drug-likeness (QED) is 0.537. The van der Waals surface area contributed by atoms with Gasteiger partial charge >= 0.3 is 0 Å². The van der Waals surface area contributed by atoms with Crippen molar-refractivity contribution >= 4 is 11.9 Å². The van der Waals surface area contributed by atoms with E-state index in [0.29, 0.717) is 33.6 Å². The Morgan fingerprint density at radius 3 is 2.65 bits per heavy atom. The third kappa shape index (κ3) is 3.75. The number of nitrogens with one attached hydrogen (secondary N) is 1. The lowest BCUT2D eigenvalue weighted by molar-refractivity contribution is 0.104. The van der Waals surface area contributed by atoms with E-state index in [-0.39, 0.29) is 18.2 Å². The van der Waals surface area contributed by atoms with Crippen molar-refractivity contribution in [2.24, 2.45) is 0 Å². The number of rotatable bonds is 5. The largest absolute Gasteiger partial charge is 0.392 e. The van der Waals surface area contributed by atoms with E-state index in [9.17, 15) is 13.6 Å². The van der Waals surface area contributed by atoms with Crippen molar-refractivity contribution in [2.45, 2.75) is 13.5 Å². The standard InChI is InChI=1S/C20H16F2N2O2/c1-12-8-14(3-6-17(12)21)20(26)7-4-15-10-19(24-23-15)16-5-2-13(11-25)9-18(16)22/h2-10,25H,11H2,1H3,(H,23,24)/b7-4+. The number of hydrogen-bond donors (Lipinski definition) is 2. The van der Waals surface area contributed by atoms with Gasteiger partial charge in [-0.15, -0.1) is 0 Å². The van der Waals surface area contributed by atoms with Gasteiger partial charge in [0.2, 0.25) is 0 Å². The molecule has 0 saturated heterocycles. The smallest absolute Gasteiger partial charge is 0.185 e. The van der Waals surface area contributed by atoms with Crippen LogP contribution < -0.4 is 0 Å². The lowest BCUT2D eigenvalue weighted by Crippen LogP contribution is -1.96. The minimum absolute atomic E-state index is 0.239. The van der Waals surface area contributed by atoms with Crippen LogP contribution in [0.1, 0.15) is 27.2 Å². The van der Waals surface area contributed by atoms with E-state index in [0.717, 1.165) is 0 Å². The molecule has 132 valence electrons. The average molecular weight is 354 g/mol. The van der Waals surface area contributed by atoms with Gasteiger partial charge in [0.15, 0.2) is 5.78 Å². The number of hydrogen-bond acceptors (Lipinski definition) is 3. The van der Waals surface area contributed by atoms with E-state index in [2.05, 4.69) is 10.2 Å². The summed E-state index contributed by atoms with van der Waals surface area (Å²) < 4.78 is 27.3. The summed E-state index contributed by atoms with van der Waals surface area (Å²) in [6, 6.07) is 10.2. The van der Waals surface area contributed by atoms with Crippen molar-refractivity contribution in [1.29, 1.82) is 0 Å². The van der Waals surface area contributed by atoms with Crippen LogP contribution in [0, 0.1) is 18.6 Å². The van der Waals surface area contributed by atoms with Crippen LogP contribution in [0.15, 0.2) is 48.5 Å². The molecule has 0 fully saturated rings. The second kappa shape index (κ2) is 7.41. The number of aliphatic hydroxyl groups excluding tert-OH is 1. The molecule has 4 nitrogen and oxygen atoms in total. The van der Waals surface area contributed by atoms with Crippen LogP contribution in [0.5, 0.6) is 0 Å². The summed E-state index contributed by atoms with van der Waals surface area (Å²) in [5.74, 6) is -1.13. The van der Waals surface area contributed by atoms with Crippen LogP contribution in [-0.2, 0) is 6.61 Å². The monoisotopic (exact) mass is 354 g/mol. The van der Waals surface area contributed by atoms with Gasteiger partial charge in [0.05, 0.1) is 18.0 Å². The number of H-pyrrole nitrogens is 1. The highest BCUT2D eigenvalue weighted by Crippen LogP contribution is 2.23. The molecule has 0 aliphatic rings. The molecule has 0 amide bonds. The highest BCUT2D eigenvalue weighted by molar-refractivity contribution is 6.06. The van der Waals surface area contributed by atoms with Gasteiger partial charge in [-0.25, -0.2) is 8.78 Å². The number of allylic oxidation sites excluding steroid dienone is 1. The van der Waals surface area contributed by atoms with Crippen molar-refractivity contribution in [3.05, 3.63) is 82.6 Å². The Labute approximate surface area is 148 Å². The Hall–Kier alpha value is -3.12. The van der Waals surface area contributed by atoms with Crippen LogP contribution >= 0.6 is 0 Å². The molecule has 0 saturated carbocycles. The Morgan fingerprint density at radius 1 is 1.15 bits per heavy atom. The highest BCUT2D eigenvalue weighted by atomic mass is 19.1. The number of ketones is 1. The second-order valence-corrected chi connectivity index (χ2v) is 5.84. The summed E-state index contributed by atoms with van der Waals surface area (Å²) in [6.45, 7) is 1.35. The number of aromatic amines is 1. The molecule has 0 spiro atoms. The number of benzene rings is 2. The van der Waals surface area contributed by atoms with Gasteiger partial charge in [-0.2, -0.15) is 5.10 Å². The van der Waals surface area contributed by atoms with Gasteiger partial charge < -0.3 is 5.11 Å². The normalized spacial score (nSPS) is 11.2. The van der Waals surface area contributed by atoms with Gasteiger partial charge in [0, 0.05) is 11.1 Å². The van der Waals surface area contributed by atoms with Crippen LogP contribution in [0.3, 0.4) is 0 Å². The minimum Gasteiger partial charge on any atom is -0.392 e. The molecule has 3 aromatic rings. The first-order chi connectivity index (χ1) is 12.5. The summed E-state index contributed by atoms with van der Waals surface area (Å²) in [5.41, 5.74) is 2.45. The van der Waals surface area contributed by atoms with Crippen LogP contribution in [0.2, 0.25) is 0 Å². The van der Waals surface area contributed by atoms with Crippen LogP contribution in [0.4, 0.5) is 8.78 Å². The topological polar surface area (TPSA) is 66.0 Å². The number of carbonyl (C=O) groups excluding carboxylic acids is 1. The zero-order valence-electron chi connectivity index (χ0n) is 14.0. The van der Waals surface area contributed by atoms with E-state index in [1.54, 1.807) is 19.1 Å². The van der Waals surface area contributed by atoms with Gasteiger partial charge in [-0.1, -0.05) is 6.07 Å². The zero-order valence-corrected chi connectivity index (χ0v) is 14.0. The van der Waals surface area contributed by atoms with Crippen molar-refractivity contribution in [3.63, 3.8) is 0 Å². The van der Waals surface area contributed by atoms with Gasteiger partial charge in [-0.3, -0.25) is 9.89 Å². The molecule has 0 bridgehead atoms. The third-order valence-electron chi connectivity index (χ3n) is 3.95. The van der Waals surface area contributed by atoms with Crippen molar-refractivity contribution in [1.82, 2.24) is 10.2 Å². The molecular formula is C20H16F2N2O2. The SMILES string of the molecule is Cc1cc(C(=O)/C=C/c2cc(-c3ccc(CO)cc3F)n[nH]2)ccc1F. The van der Waals surface area contributed by atoms with Gasteiger partial charge in [-0.05, 0) is 66.6 Å². The lowest BCUT2D eigenvalue weighted by atomic mass is 10.1. The lowest BCUT2D eigenvalue weighted by Gasteiger charge is -2.01. The number of aliphatic hydroxyl groups is 1. The van der Waals surface area contributed by atoms with Crippen LogP contribution in [-0.4, -0.2) is 21.1 Å². The second-order valence-electron chi connectivity index (χ2n) is 5.84. The maximum absolute atomic E-state index is 14.1. The van der Waals surface area contributed by atoms with E-state index in [1.807, 2.05) is 0 Å². The molecule has 2 N–H and O–H groups in total.